The molecule has 5 aromatic rings. The van der Waals surface area contributed by atoms with E-state index in [4.69, 9.17) is 9.47 Å². The largest absolute Gasteiger partial charge is 0.507 e. The first kappa shape index (κ1) is 22.9. The molecular formula is C33H26O4. The molecule has 0 fully saturated rings. The highest BCUT2D eigenvalue weighted by Crippen LogP contribution is 2.54. The van der Waals surface area contributed by atoms with E-state index < -0.39 is 5.60 Å². The third-order valence-corrected chi connectivity index (χ3v) is 7.13. The van der Waals surface area contributed by atoms with Gasteiger partial charge in [0, 0.05) is 38.6 Å². The summed E-state index contributed by atoms with van der Waals surface area (Å²) in [5.74, 6) is 1.45. The molecule has 1 aliphatic heterocycles. The number of benzene rings is 5. The summed E-state index contributed by atoms with van der Waals surface area (Å²) in [6, 6.07) is 35.8. The molecule has 2 N–H and O–H groups in total. The van der Waals surface area contributed by atoms with E-state index in [9.17, 15) is 10.2 Å². The average molecular weight is 487 g/mol. The number of aliphatic hydroxyl groups is 1. The highest BCUT2D eigenvalue weighted by molar-refractivity contribution is 6.03. The fourth-order valence-electron chi connectivity index (χ4n) is 5.33. The molecule has 6 rings (SSSR count). The van der Waals surface area contributed by atoms with Crippen molar-refractivity contribution in [1.82, 2.24) is 0 Å². The second-order valence-corrected chi connectivity index (χ2v) is 9.08. The van der Waals surface area contributed by atoms with Crippen LogP contribution in [0.15, 0.2) is 109 Å². The lowest BCUT2D eigenvalue weighted by molar-refractivity contribution is 0.173. The minimum atomic E-state index is -0.990. The molecular weight excluding hydrogens is 460 g/mol. The number of methoxy groups -OCH3 is 1. The maximum Gasteiger partial charge on any atom is 0.185 e. The molecule has 0 atom stereocenters. The van der Waals surface area contributed by atoms with Crippen LogP contribution in [0.3, 0.4) is 0 Å². The van der Waals surface area contributed by atoms with Gasteiger partial charge in [-0.1, -0.05) is 97.1 Å². The van der Waals surface area contributed by atoms with E-state index in [1.807, 2.05) is 84.9 Å². The molecule has 0 unspecified atom stereocenters. The number of rotatable bonds is 5. The number of ether oxygens (including phenoxy) is 2. The fraction of sp³-hybridized carbons (Fsp3) is 0.0909. The Balaban J connectivity index is 1.76. The van der Waals surface area contributed by atoms with E-state index in [0.29, 0.717) is 22.3 Å². The van der Waals surface area contributed by atoms with Crippen LogP contribution < -0.4 is 9.47 Å². The summed E-state index contributed by atoms with van der Waals surface area (Å²) in [4.78, 5) is 0. The van der Waals surface area contributed by atoms with Crippen LogP contribution in [0.25, 0.3) is 22.4 Å². The number of fused-ring (bicyclic) bond motifs is 3. The zero-order valence-corrected chi connectivity index (χ0v) is 20.4. The monoisotopic (exact) mass is 486 g/mol. The predicted molar refractivity (Wildman–Crippen MR) is 147 cm³/mol. The Morgan fingerprint density at radius 1 is 0.730 bits per heavy atom. The molecule has 1 heterocycles. The Labute approximate surface area is 215 Å². The van der Waals surface area contributed by atoms with Crippen LogP contribution in [0, 0.1) is 0 Å². The molecule has 0 saturated carbocycles. The third-order valence-electron chi connectivity index (χ3n) is 7.13. The lowest BCUT2D eigenvalue weighted by Crippen LogP contribution is -2.38. The van der Waals surface area contributed by atoms with Crippen molar-refractivity contribution in [2.75, 3.05) is 7.11 Å². The quantitative estimate of drug-likeness (QED) is 0.283. The van der Waals surface area contributed by atoms with Gasteiger partial charge >= 0.3 is 0 Å². The molecule has 4 heteroatoms. The fourth-order valence-corrected chi connectivity index (χ4v) is 5.33. The maximum atomic E-state index is 11.1. The van der Waals surface area contributed by atoms with E-state index in [0.717, 1.165) is 33.4 Å². The van der Waals surface area contributed by atoms with E-state index in [1.54, 1.807) is 7.11 Å². The number of aliphatic hydroxyl groups excluding tert-OH is 1. The van der Waals surface area contributed by atoms with Crippen molar-refractivity contribution in [3.63, 3.8) is 0 Å². The van der Waals surface area contributed by atoms with Crippen molar-refractivity contribution < 1.29 is 19.7 Å². The van der Waals surface area contributed by atoms with Crippen LogP contribution in [0.4, 0.5) is 0 Å². The number of phenols is 1. The Kier molecular flexibility index (Phi) is 5.67. The van der Waals surface area contributed by atoms with E-state index >= 15 is 0 Å². The van der Waals surface area contributed by atoms with E-state index in [-0.39, 0.29) is 12.4 Å². The van der Waals surface area contributed by atoms with Crippen LogP contribution in [0.5, 0.6) is 17.2 Å². The van der Waals surface area contributed by atoms with Gasteiger partial charge in [-0.25, -0.2) is 0 Å². The van der Waals surface area contributed by atoms with E-state index in [2.05, 4.69) is 30.3 Å². The van der Waals surface area contributed by atoms with Gasteiger partial charge in [0.05, 0.1) is 13.7 Å². The van der Waals surface area contributed by atoms with Crippen LogP contribution in [-0.2, 0) is 12.2 Å². The first-order chi connectivity index (χ1) is 18.2. The zero-order valence-electron chi connectivity index (χ0n) is 20.4. The van der Waals surface area contributed by atoms with Gasteiger partial charge in [-0.3, -0.25) is 0 Å². The summed E-state index contributed by atoms with van der Waals surface area (Å²) >= 11 is 0. The van der Waals surface area contributed by atoms with Crippen LogP contribution in [0.2, 0.25) is 0 Å². The van der Waals surface area contributed by atoms with Crippen molar-refractivity contribution in [1.29, 1.82) is 0 Å². The van der Waals surface area contributed by atoms with Crippen molar-refractivity contribution in [2.45, 2.75) is 12.2 Å². The van der Waals surface area contributed by atoms with Gasteiger partial charge in [0.2, 0.25) is 0 Å². The molecule has 5 aromatic carbocycles. The summed E-state index contributed by atoms with van der Waals surface area (Å²) < 4.78 is 12.6. The zero-order chi connectivity index (χ0) is 25.4. The molecule has 4 nitrogen and oxygen atoms in total. The molecule has 0 aromatic heterocycles. The molecule has 0 amide bonds. The van der Waals surface area contributed by atoms with Gasteiger partial charge < -0.3 is 19.7 Å². The first-order valence-electron chi connectivity index (χ1n) is 12.2. The highest BCUT2D eigenvalue weighted by atomic mass is 16.5. The standard InChI is InChI=1S/C33H26O4/c1-36-25-18-16-22(17-19-25)30-20-28-29(21-34)31(35)26-14-8-9-15-27(26)32(28)37-33(30,23-10-4-2-5-11-23)24-12-6-3-7-13-24/h2-20,34-35H,21H2,1H3. The summed E-state index contributed by atoms with van der Waals surface area (Å²) in [6.45, 7) is -0.321. The molecule has 0 saturated heterocycles. The van der Waals surface area contributed by atoms with Crippen molar-refractivity contribution >= 4 is 22.4 Å². The Morgan fingerprint density at radius 3 is 1.86 bits per heavy atom. The Bertz CT molecular complexity index is 1560. The number of aromatic hydroxyl groups is 1. The summed E-state index contributed by atoms with van der Waals surface area (Å²) in [7, 11) is 1.65. The summed E-state index contributed by atoms with van der Waals surface area (Å²) in [6.07, 6.45) is 2.05. The van der Waals surface area contributed by atoms with Gasteiger partial charge in [0.1, 0.15) is 17.2 Å². The highest BCUT2D eigenvalue weighted by Gasteiger charge is 2.45. The predicted octanol–water partition coefficient (Wildman–Crippen LogP) is 6.92. The molecule has 0 bridgehead atoms. The lowest BCUT2D eigenvalue weighted by Gasteiger charge is -2.42. The first-order valence-corrected chi connectivity index (χ1v) is 12.2. The van der Waals surface area contributed by atoms with Gasteiger partial charge in [0.25, 0.3) is 0 Å². The second-order valence-electron chi connectivity index (χ2n) is 9.08. The SMILES string of the molecule is COc1ccc(C2=Cc3c(CO)c(O)c4ccccc4c3OC2(c2ccccc2)c2ccccc2)cc1. The maximum absolute atomic E-state index is 11.1. The summed E-state index contributed by atoms with van der Waals surface area (Å²) in [5.41, 5.74) is 3.89. The van der Waals surface area contributed by atoms with Crippen LogP contribution >= 0.6 is 0 Å². The molecule has 0 spiro atoms. The lowest BCUT2D eigenvalue weighted by atomic mass is 9.74. The second kappa shape index (κ2) is 9.16. The van der Waals surface area contributed by atoms with Crippen LogP contribution in [-0.4, -0.2) is 17.3 Å². The molecule has 1 aliphatic rings. The van der Waals surface area contributed by atoms with Gasteiger partial charge in [0.15, 0.2) is 5.60 Å². The van der Waals surface area contributed by atoms with Crippen LogP contribution in [0.1, 0.15) is 27.8 Å². The normalized spacial score (nSPS) is 13.9. The minimum Gasteiger partial charge on any atom is -0.507 e. The van der Waals surface area contributed by atoms with Crippen molar-refractivity contribution in [2.24, 2.45) is 0 Å². The third kappa shape index (κ3) is 3.57. The Morgan fingerprint density at radius 2 is 1.30 bits per heavy atom. The molecule has 0 aliphatic carbocycles. The van der Waals surface area contributed by atoms with E-state index in [1.165, 1.54) is 0 Å². The average Bonchev–Trinajstić information content (AvgIpc) is 2.98. The van der Waals surface area contributed by atoms with Crippen molar-refractivity contribution in [3.8, 4) is 17.2 Å². The van der Waals surface area contributed by atoms with Gasteiger partial charge in [-0.2, -0.15) is 0 Å². The minimum absolute atomic E-state index is 0.0673. The number of hydrogen-bond acceptors (Lipinski definition) is 4. The smallest absolute Gasteiger partial charge is 0.185 e. The Hall–Kier alpha value is -4.54. The summed E-state index contributed by atoms with van der Waals surface area (Å²) in [5, 5.41) is 22.9. The molecule has 182 valence electrons. The number of hydrogen-bond donors (Lipinski definition) is 2. The molecule has 0 radical (unpaired) electrons. The van der Waals surface area contributed by atoms with Gasteiger partial charge in [-0.15, -0.1) is 0 Å². The van der Waals surface area contributed by atoms with Crippen molar-refractivity contribution in [3.05, 3.63) is 137 Å². The molecule has 37 heavy (non-hydrogen) atoms. The topological polar surface area (TPSA) is 58.9 Å². The van der Waals surface area contributed by atoms with Gasteiger partial charge in [-0.05, 0) is 23.8 Å².